The molecule has 0 aliphatic heterocycles. The first-order chi connectivity index (χ1) is 13.0. The largest absolute Gasteiger partial charge is 0.497 e. The Bertz CT molecular complexity index is 819. The molecule has 2 amide bonds. The standard InChI is InChI=1S/C19H22N4O4/c1-13-8-9-20-17(10-13)21-18(24)11-14(2)22-23-19(25)27-12-15-4-6-16(26-3)7-5-15/h4-10H,11-12H2,1-3H3,(H,23,25)(H,20,21,24)/b22-14-. The van der Waals surface area contributed by atoms with Gasteiger partial charge in [0, 0.05) is 11.9 Å². The number of pyridine rings is 1. The highest BCUT2D eigenvalue weighted by Crippen LogP contribution is 2.12. The maximum absolute atomic E-state index is 12.0. The maximum Gasteiger partial charge on any atom is 0.428 e. The summed E-state index contributed by atoms with van der Waals surface area (Å²) in [5.41, 5.74) is 4.50. The Morgan fingerprint density at radius 2 is 1.93 bits per heavy atom. The van der Waals surface area contributed by atoms with Crippen molar-refractivity contribution in [1.29, 1.82) is 0 Å². The van der Waals surface area contributed by atoms with E-state index in [0.717, 1.165) is 16.9 Å². The third-order valence-corrected chi connectivity index (χ3v) is 3.47. The van der Waals surface area contributed by atoms with Crippen molar-refractivity contribution < 1.29 is 19.1 Å². The highest BCUT2D eigenvalue weighted by molar-refractivity contribution is 6.05. The number of nitrogens with zero attached hydrogens (tertiary/aromatic N) is 2. The lowest BCUT2D eigenvalue weighted by Crippen LogP contribution is -2.22. The number of methoxy groups -OCH3 is 1. The lowest BCUT2D eigenvalue weighted by Gasteiger charge is -2.07. The number of benzene rings is 1. The van der Waals surface area contributed by atoms with E-state index in [9.17, 15) is 9.59 Å². The number of nitrogens with one attached hydrogen (secondary N) is 2. The van der Waals surface area contributed by atoms with Crippen molar-refractivity contribution in [2.24, 2.45) is 5.10 Å². The molecule has 1 aromatic carbocycles. The third kappa shape index (κ3) is 7.15. The third-order valence-electron chi connectivity index (χ3n) is 3.47. The summed E-state index contributed by atoms with van der Waals surface area (Å²) in [4.78, 5) is 27.7. The molecule has 142 valence electrons. The van der Waals surface area contributed by atoms with Gasteiger partial charge in [-0.25, -0.2) is 15.2 Å². The molecule has 1 heterocycles. The smallest absolute Gasteiger partial charge is 0.428 e. The summed E-state index contributed by atoms with van der Waals surface area (Å²) in [6.45, 7) is 3.64. The zero-order valence-corrected chi connectivity index (χ0v) is 15.5. The van der Waals surface area contributed by atoms with Gasteiger partial charge in [-0.15, -0.1) is 0 Å². The number of hydrazone groups is 1. The molecule has 2 N–H and O–H groups in total. The summed E-state index contributed by atoms with van der Waals surface area (Å²) in [6.07, 6.45) is 0.937. The Hall–Kier alpha value is -3.42. The minimum Gasteiger partial charge on any atom is -0.497 e. The first-order valence-electron chi connectivity index (χ1n) is 8.27. The van der Waals surface area contributed by atoms with E-state index in [2.05, 4.69) is 20.8 Å². The Kier molecular flexibility index (Phi) is 7.30. The van der Waals surface area contributed by atoms with Crippen LogP contribution in [0.4, 0.5) is 10.6 Å². The average molecular weight is 370 g/mol. The van der Waals surface area contributed by atoms with Gasteiger partial charge in [0.15, 0.2) is 0 Å². The normalized spacial score (nSPS) is 10.9. The fourth-order valence-electron chi connectivity index (χ4n) is 2.11. The van der Waals surface area contributed by atoms with Crippen LogP contribution in [-0.2, 0) is 16.1 Å². The molecule has 2 aromatic rings. The molecule has 1 aromatic heterocycles. The van der Waals surface area contributed by atoms with Crippen LogP contribution in [0.1, 0.15) is 24.5 Å². The number of hydrogen-bond donors (Lipinski definition) is 2. The van der Waals surface area contributed by atoms with E-state index in [-0.39, 0.29) is 18.9 Å². The molecular weight excluding hydrogens is 348 g/mol. The second kappa shape index (κ2) is 9.91. The first-order valence-corrected chi connectivity index (χ1v) is 8.27. The number of rotatable bonds is 7. The summed E-state index contributed by atoms with van der Waals surface area (Å²) in [5, 5.41) is 6.53. The lowest BCUT2D eigenvalue weighted by molar-refractivity contribution is -0.115. The van der Waals surface area contributed by atoms with Crippen molar-refractivity contribution in [3.8, 4) is 5.75 Å². The Morgan fingerprint density at radius 1 is 1.19 bits per heavy atom. The highest BCUT2D eigenvalue weighted by Gasteiger charge is 2.07. The molecule has 0 aliphatic rings. The molecule has 27 heavy (non-hydrogen) atoms. The van der Waals surface area contributed by atoms with Crippen molar-refractivity contribution in [2.75, 3.05) is 12.4 Å². The van der Waals surface area contributed by atoms with Gasteiger partial charge in [0.25, 0.3) is 0 Å². The number of aromatic nitrogens is 1. The van der Waals surface area contributed by atoms with Crippen LogP contribution in [-0.4, -0.2) is 29.8 Å². The quantitative estimate of drug-likeness (QED) is 0.576. The van der Waals surface area contributed by atoms with Gasteiger partial charge >= 0.3 is 6.09 Å². The van der Waals surface area contributed by atoms with Gasteiger partial charge in [-0.3, -0.25) is 4.79 Å². The van der Waals surface area contributed by atoms with Crippen LogP contribution in [0.5, 0.6) is 5.75 Å². The van der Waals surface area contributed by atoms with Gasteiger partial charge in [0.05, 0.1) is 13.5 Å². The van der Waals surface area contributed by atoms with E-state index in [1.165, 1.54) is 0 Å². The van der Waals surface area contributed by atoms with Gasteiger partial charge in [0.2, 0.25) is 5.91 Å². The van der Waals surface area contributed by atoms with Crippen LogP contribution in [0.15, 0.2) is 47.7 Å². The second-order valence-corrected chi connectivity index (χ2v) is 5.83. The van der Waals surface area contributed by atoms with Crippen LogP contribution in [0.2, 0.25) is 0 Å². The molecule has 0 spiro atoms. The molecule has 0 atom stereocenters. The van der Waals surface area contributed by atoms with Crippen LogP contribution >= 0.6 is 0 Å². The Morgan fingerprint density at radius 3 is 2.59 bits per heavy atom. The minimum atomic E-state index is -0.703. The summed E-state index contributed by atoms with van der Waals surface area (Å²) in [7, 11) is 1.58. The topological polar surface area (TPSA) is 102 Å². The molecular formula is C19H22N4O4. The van der Waals surface area contributed by atoms with E-state index < -0.39 is 6.09 Å². The van der Waals surface area contributed by atoms with Gasteiger partial charge in [0.1, 0.15) is 18.2 Å². The van der Waals surface area contributed by atoms with Crippen LogP contribution in [0.3, 0.4) is 0 Å². The predicted octanol–water partition coefficient (Wildman–Crippen LogP) is 3.03. The lowest BCUT2D eigenvalue weighted by atomic mass is 10.2. The molecule has 0 fully saturated rings. The van der Waals surface area contributed by atoms with Crippen molar-refractivity contribution in [2.45, 2.75) is 26.9 Å². The number of carbonyl (C=O) groups is 2. The van der Waals surface area contributed by atoms with Crippen molar-refractivity contribution in [3.63, 3.8) is 0 Å². The van der Waals surface area contributed by atoms with E-state index in [1.807, 2.05) is 13.0 Å². The fraction of sp³-hybridized carbons (Fsp3) is 0.263. The maximum atomic E-state index is 12.0. The SMILES string of the molecule is COc1ccc(COC(=O)N/N=C(/C)CC(=O)Nc2cc(C)ccn2)cc1. The number of amides is 2. The Balaban J connectivity index is 1.74. The Labute approximate surface area is 157 Å². The number of ether oxygens (including phenoxy) is 2. The van der Waals surface area contributed by atoms with Crippen LogP contribution in [0, 0.1) is 6.92 Å². The molecule has 0 unspecified atom stereocenters. The van der Waals surface area contributed by atoms with Gasteiger partial charge in [-0.05, 0) is 49.2 Å². The van der Waals surface area contributed by atoms with E-state index >= 15 is 0 Å². The zero-order chi connectivity index (χ0) is 19.6. The highest BCUT2D eigenvalue weighted by atomic mass is 16.6. The van der Waals surface area contributed by atoms with Crippen molar-refractivity contribution >= 4 is 23.5 Å². The molecule has 0 bridgehead atoms. The monoisotopic (exact) mass is 370 g/mol. The summed E-state index contributed by atoms with van der Waals surface area (Å²) in [6, 6.07) is 10.7. The second-order valence-electron chi connectivity index (χ2n) is 5.83. The zero-order valence-electron chi connectivity index (χ0n) is 15.5. The first kappa shape index (κ1) is 19.9. The molecule has 0 saturated carbocycles. The van der Waals surface area contributed by atoms with Crippen molar-refractivity contribution in [3.05, 3.63) is 53.7 Å². The minimum absolute atomic E-state index is 0.0222. The molecule has 8 nitrogen and oxygen atoms in total. The van der Waals surface area contributed by atoms with E-state index in [1.54, 1.807) is 50.6 Å². The number of aryl methyl sites for hydroxylation is 1. The van der Waals surface area contributed by atoms with Gasteiger partial charge < -0.3 is 14.8 Å². The van der Waals surface area contributed by atoms with Crippen LogP contribution in [0.25, 0.3) is 0 Å². The van der Waals surface area contributed by atoms with Crippen molar-refractivity contribution in [1.82, 2.24) is 10.4 Å². The number of hydrogen-bond acceptors (Lipinski definition) is 6. The number of anilines is 1. The van der Waals surface area contributed by atoms with Gasteiger partial charge in [-0.1, -0.05) is 12.1 Å². The average Bonchev–Trinajstić information content (AvgIpc) is 2.65. The molecule has 0 radical (unpaired) electrons. The molecule has 0 saturated heterocycles. The van der Waals surface area contributed by atoms with Crippen LogP contribution < -0.4 is 15.5 Å². The fourth-order valence-corrected chi connectivity index (χ4v) is 2.11. The van der Waals surface area contributed by atoms with Gasteiger partial charge in [-0.2, -0.15) is 5.10 Å². The van der Waals surface area contributed by atoms with E-state index in [4.69, 9.17) is 9.47 Å². The molecule has 0 aliphatic carbocycles. The summed E-state index contributed by atoms with van der Waals surface area (Å²) >= 11 is 0. The predicted molar refractivity (Wildman–Crippen MR) is 102 cm³/mol. The summed E-state index contributed by atoms with van der Waals surface area (Å²) < 4.78 is 10.1. The van der Waals surface area contributed by atoms with E-state index in [0.29, 0.717) is 11.5 Å². The molecule has 8 heteroatoms. The summed E-state index contributed by atoms with van der Waals surface area (Å²) in [5.74, 6) is 0.921. The molecule has 2 rings (SSSR count). The number of carbonyl (C=O) groups excluding carboxylic acids is 2.